The highest BCUT2D eigenvalue weighted by atomic mass is 16.5. The van der Waals surface area contributed by atoms with E-state index in [-0.39, 0.29) is 12.5 Å². The maximum atomic E-state index is 12.4. The van der Waals surface area contributed by atoms with Crippen molar-refractivity contribution in [1.29, 1.82) is 0 Å². The third-order valence-electron chi connectivity index (χ3n) is 4.89. The molecule has 0 spiro atoms. The number of benzene rings is 1. The number of nitrogens with one attached hydrogen (secondary N) is 1. The van der Waals surface area contributed by atoms with E-state index in [0.29, 0.717) is 18.4 Å². The maximum Gasteiger partial charge on any atom is 0.260 e. The Bertz CT molecular complexity index is 721. The topological polar surface area (TPSA) is 58.2 Å². The summed E-state index contributed by atoms with van der Waals surface area (Å²) in [4.78, 5) is 14.1. The van der Waals surface area contributed by atoms with E-state index in [2.05, 4.69) is 36.2 Å². The third kappa shape index (κ3) is 4.41. The number of ether oxygens (including phenoxy) is 1. The Kier molecular flexibility index (Phi) is 5.41. The van der Waals surface area contributed by atoms with Gasteiger partial charge in [-0.25, -0.2) is 0 Å². The van der Waals surface area contributed by atoms with Gasteiger partial charge in [0.15, 0.2) is 6.61 Å². The molecule has 1 heterocycles. The summed E-state index contributed by atoms with van der Waals surface area (Å²) in [6.45, 7) is 4.90. The molecule has 0 radical (unpaired) electrons. The molecule has 0 saturated heterocycles. The fraction of sp³-hybridized carbons (Fsp3) is 0.500. The van der Waals surface area contributed by atoms with Gasteiger partial charge in [0.2, 0.25) is 0 Å². The largest absolute Gasteiger partial charge is 0.483 e. The van der Waals surface area contributed by atoms with Gasteiger partial charge in [-0.15, -0.1) is 0 Å². The zero-order chi connectivity index (χ0) is 17.8. The van der Waals surface area contributed by atoms with Crippen LogP contribution in [-0.4, -0.2) is 34.7 Å². The number of aromatic amines is 1. The third-order valence-corrected chi connectivity index (χ3v) is 4.89. The standard InChI is InChI=1S/C20H27N3O2/c1-4-14(2)17-7-5-6-8-19(17)25-13-20(24)23(3)12-16-11-18(22-21-16)15-9-10-15/h5-8,11,14-15H,4,9-10,12-13H2,1-3H3,(H,21,22)/t14-/m1/s1. The number of para-hydroxylation sites is 1. The van der Waals surface area contributed by atoms with Gasteiger partial charge < -0.3 is 9.64 Å². The number of amides is 1. The van der Waals surface area contributed by atoms with Crippen LogP contribution in [0.4, 0.5) is 0 Å². The van der Waals surface area contributed by atoms with E-state index in [1.807, 2.05) is 18.2 Å². The van der Waals surface area contributed by atoms with Crippen molar-refractivity contribution in [2.45, 2.75) is 51.5 Å². The fourth-order valence-electron chi connectivity index (χ4n) is 2.88. The minimum absolute atomic E-state index is 0.0403. The first-order valence-electron chi connectivity index (χ1n) is 9.08. The average Bonchev–Trinajstić information content (AvgIpc) is 3.38. The van der Waals surface area contributed by atoms with Crippen molar-refractivity contribution in [3.8, 4) is 5.75 Å². The zero-order valence-corrected chi connectivity index (χ0v) is 15.3. The Hall–Kier alpha value is -2.30. The highest BCUT2D eigenvalue weighted by Crippen LogP contribution is 2.39. The lowest BCUT2D eigenvalue weighted by molar-refractivity contribution is -0.132. The average molecular weight is 341 g/mol. The normalized spacial score (nSPS) is 15.0. The van der Waals surface area contributed by atoms with E-state index in [1.165, 1.54) is 12.8 Å². The van der Waals surface area contributed by atoms with Crippen LogP contribution < -0.4 is 4.74 Å². The minimum atomic E-state index is -0.0403. The molecule has 5 heteroatoms. The number of rotatable bonds is 8. The van der Waals surface area contributed by atoms with Gasteiger partial charge in [-0.1, -0.05) is 32.0 Å². The molecule has 0 bridgehead atoms. The van der Waals surface area contributed by atoms with Crippen LogP contribution in [0.25, 0.3) is 0 Å². The van der Waals surface area contributed by atoms with Gasteiger partial charge in [0, 0.05) is 13.0 Å². The lowest BCUT2D eigenvalue weighted by atomic mass is 9.98. The van der Waals surface area contributed by atoms with Crippen molar-refractivity contribution in [3.63, 3.8) is 0 Å². The van der Waals surface area contributed by atoms with Crippen LogP contribution in [0.5, 0.6) is 5.75 Å². The van der Waals surface area contributed by atoms with E-state index in [4.69, 9.17) is 4.74 Å². The Labute approximate surface area is 149 Å². The van der Waals surface area contributed by atoms with E-state index in [9.17, 15) is 4.79 Å². The van der Waals surface area contributed by atoms with Gasteiger partial charge in [-0.2, -0.15) is 5.10 Å². The van der Waals surface area contributed by atoms with E-state index < -0.39 is 0 Å². The van der Waals surface area contributed by atoms with E-state index in [0.717, 1.165) is 29.1 Å². The zero-order valence-electron chi connectivity index (χ0n) is 15.3. The molecule has 1 atom stereocenters. The van der Waals surface area contributed by atoms with Crippen molar-refractivity contribution in [2.75, 3.05) is 13.7 Å². The number of nitrogens with zero attached hydrogens (tertiary/aromatic N) is 2. The van der Waals surface area contributed by atoms with Crippen LogP contribution in [0, 0.1) is 0 Å². The summed E-state index contributed by atoms with van der Waals surface area (Å²) >= 11 is 0. The van der Waals surface area contributed by atoms with Gasteiger partial charge >= 0.3 is 0 Å². The number of H-pyrrole nitrogens is 1. The number of hydrogen-bond acceptors (Lipinski definition) is 3. The molecule has 3 rings (SSSR count). The molecule has 1 aromatic heterocycles. The van der Waals surface area contributed by atoms with Crippen LogP contribution in [0.3, 0.4) is 0 Å². The van der Waals surface area contributed by atoms with Crippen LogP contribution >= 0.6 is 0 Å². The Morgan fingerprint density at radius 1 is 1.40 bits per heavy atom. The van der Waals surface area contributed by atoms with Crippen LogP contribution in [0.2, 0.25) is 0 Å². The van der Waals surface area contributed by atoms with Gasteiger partial charge in [0.25, 0.3) is 5.91 Å². The van der Waals surface area contributed by atoms with Crippen molar-refractivity contribution in [2.24, 2.45) is 0 Å². The minimum Gasteiger partial charge on any atom is -0.483 e. The molecule has 1 aromatic carbocycles. The molecule has 5 nitrogen and oxygen atoms in total. The monoisotopic (exact) mass is 341 g/mol. The van der Waals surface area contributed by atoms with Gasteiger partial charge in [-0.3, -0.25) is 9.89 Å². The molecule has 1 N–H and O–H groups in total. The predicted octanol–water partition coefficient (Wildman–Crippen LogP) is 3.84. The number of likely N-dealkylation sites (N-methyl/N-ethyl adjacent to an activating group) is 1. The first-order chi connectivity index (χ1) is 12.1. The summed E-state index contributed by atoms with van der Waals surface area (Å²) in [5.74, 6) is 1.79. The molecule has 1 aliphatic carbocycles. The number of aromatic nitrogens is 2. The summed E-state index contributed by atoms with van der Waals surface area (Å²) in [6.07, 6.45) is 3.49. The number of carbonyl (C=O) groups is 1. The molecule has 1 fully saturated rings. The second kappa shape index (κ2) is 7.72. The molecule has 2 aromatic rings. The van der Waals surface area contributed by atoms with Gasteiger partial charge in [0.05, 0.1) is 17.9 Å². The summed E-state index contributed by atoms with van der Waals surface area (Å²) in [5, 5.41) is 7.36. The van der Waals surface area contributed by atoms with Crippen molar-refractivity contribution in [3.05, 3.63) is 47.3 Å². The molecular formula is C20H27N3O2. The second-order valence-electron chi connectivity index (χ2n) is 6.98. The van der Waals surface area contributed by atoms with Crippen molar-refractivity contribution < 1.29 is 9.53 Å². The van der Waals surface area contributed by atoms with E-state index in [1.54, 1.807) is 11.9 Å². The van der Waals surface area contributed by atoms with E-state index >= 15 is 0 Å². The molecule has 0 aliphatic heterocycles. The molecule has 25 heavy (non-hydrogen) atoms. The first kappa shape index (κ1) is 17.5. The predicted molar refractivity (Wildman–Crippen MR) is 97.7 cm³/mol. The first-order valence-corrected chi connectivity index (χ1v) is 9.08. The van der Waals surface area contributed by atoms with Gasteiger partial charge in [-0.05, 0) is 42.9 Å². The quantitative estimate of drug-likeness (QED) is 0.794. The molecular weight excluding hydrogens is 314 g/mol. The lowest BCUT2D eigenvalue weighted by Gasteiger charge is -2.19. The summed E-state index contributed by atoms with van der Waals surface area (Å²) in [7, 11) is 1.80. The highest BCUT2D eigenvalue weighted by Gasteiger charge is 2.26. The fourth-order valence-corrected chi connectivity index (χ4v) is 2.88. The Balaban J connectivity index is 1.54. The Morgan fingerprint density at radius 3 is 2.88 bits per heavy atom. The molecule has 1 amide bonds. The van der Waals surface area contributed by atoms with Crippen LogP contribution in [-0.2, 0) is 11.3 Å². The second-order valence-corrected chi connectivity index (χ2v) is 6.98. The molecule has 1 aliphatic rings. The lowest BCUT2D eigenvalue weighted by Crippen LogP contribution is -2.31. The number of hydrogen-bond donors (Lipinski definition) is 1. The summed E-state index contributed by atoms with van der Waals surface area (Å²) in [6, 6.07) is 10.0. The number of carbonyl (C=O) groups excluding carboxylic acids is 1. The SMILES string of the molecule is CC[C@@H](C)c1ccccc1OCC(=O)N(C)Cc1cc(C2CC2)n[nH]1. The molecule has 0 unspecified atom stereocenters. The van der Waals surface area contributed by atoms with Gasteiger partial charge in [0.1, 0.15) is 5.75 Å². The van der Waals surface area contributed by atoms with Crippen molar-refractivity contribution >= 4 is 5.91 Å². The van der Waals surface area contributed by atoms with Crippen molar-refractivity contribution in [1.82, 2.24) is 15.1 Å². The molecule has 1 saturated carbocycles. The summed E-state index contributed by atoms with van der Waals surface area (Å²) < 4.78 is 5.82. The smallest absolute Gasteiger partial charge is 0.260 e. The Morgan fingerprint density at radius 2 is 2.16 bits per heavy atom. The van der Waals surface area contributed by atoms with Crippen LogP contribution in [0.1, 0.15) is 61.9 Å². The maximum absolute atomic E-state index is 12.4. The summed E-state index contributed by atoms with van der Waals surface area (Å²) in [5.41, 5.74) is 3.25. The van der Waals surface area contributed by atoms with Crippen LogP contribution in [0.15, 0.2) is 30.3 Å². The molecule has 134 valence electrons. The highest BCUT2D eigenvalue weighted by molar-refractivity contribution is 5.77.